The highest BCUT2D eigenvalue weighted by Gasteiger charge is 2.14. The summed E-state index contributed by atoms with van der Waals surface area (Å²) >= 11 is 0. The van der Waals surface area contributed by atoms with Crippen molar-refractivity contribution < 1.29 is 4.39 Å². The zero-order valence-electron chi connectivity index (χ0n) is 12.1. The van der Waals surface area contributed by atoms with Gasteiger partial charge in [-0.25, -0.2) is 4.39 Å². The topological polar surface area (TPSA) is 15.3 Å². The van der Waals surface area contributed by atoms with Gasteiger partial charge in [-0.2, -0.15) is 0 Å². The summed E-state index contributed by atoms with van der Waals surface area (Å²) < 4.78 is 13.5. The summed E-state index contributed by atoms with van der Waals surface area (Å²) in [5.74, 6) is 0.481. The lowest BCUT2D eigenvalue weighted by molar-refractivity contribution is 0.544. The molecule has 1 aromatic rings. The zero-order chi connectivity index (χ0) is 13.7. The first kappa shape index (κ1) is 14.3. The van der Waals surface area contributed by atoms with E-state index in [4.69, 9.17) is 0 Å². The van der Waals surface area contributed by atoms with Gasteiger partial charge in [-0.3, -0.25) is 0 Å². The summed E-state index contributed by atoms with van der Waals surface area (Å²) in [4.78, 5) is 2.40. The van der Waals surface area contributed by atoms with E-state index in [1.165, 1.54) is 24.9 Å². The van der Waals surface area contributed by atoms with Crippen molar-refractivity contribution >= 4 is 5.69 Å². The van der Waals surface area contributed by atoms with Gasteiger partial charge < -0.3 is 10.2 Å². The Morgan fingerprint density at radius 1 is 1.21 bits per heavy atom. The highest BCUT2D eigenvalue weighted by Crippen LogP contribution is 2.25. The minimum atomic E-state index is -0.137. The van der Waals surface area contributed by atoms with Crippen LogP contribution in [-0.4, -0.2) is 19.6 Å². The zero-order valence-corrected chi connectivity index (χ0v) is 12.1. The minimum absolute atomic E-state index is 0.137. The van der Waals surface area contributed by atoms with Gasteiger partial charge in [0.1, 0.15) is 5.82 Å². The number of nitrogens with one attached hydrogen (secondary N) is 1. The number of piperidine rings is 1. The van der Waals surface area contributed by atoms with E-state index < -0.39 is 0 Å². The third-order valence-corrected chi connectivity index (χ3v) is 3.61. The maximum atomic E-state index is 13.5. The van der Waals surface area contributed by atoms with Crippen molar-refractivity contribution in [3.05, 3.63) is 29.6 Å². The van der Waals surface area contributed by atoms with E-state index >= 15 is 0 Å². The smallest absolute Gasteiger partial charge is 0.123 e. The molecular weight excluding hydrogens is 239 g/mol. The number of benzene rings is 1. The molecule has 1 N–H and O–H groups in total. The van der Waals surface area contributed by atoms with Crippen molar-refractivity contribution in [1.29, 1.82) is 0 Å². The lowest BCUT2D eigenvalue weighted by atomic mass is 10.1. The molecule has 1 saturated heterocycles. The Morgan fingerprint density at radius 3 is 2.63 bits per heavy atom. The van der Waals surface area contributed by atoms with Crippen LogP contribution in [0.5, 0.6) is 0 Å². The Kier molecular flexibility index (Phi) is 5.20. The third-order valence-electron chi connectivity index (χ3n) is 3.61. The van der Waals surface area contributed by atoms with Crippen molar-refractivity contribution in [2.45, 2.75) is 39.7 Å². The number of nitrogens with zero attached hydrogens (tertiary/aromatic N) is 1. The quantitative estimate of drug-likeness (QED) is 0.874. The van der Waals surface area contributed by atoms with E-state index in [0.717, 1.165) is 31.7 Å². The Hall–Kier alpha value is -1.09. The number of hydrogen-bond acceptors (Lipinski definition) is 2. The maximum absolute atomic E-state index is 13.5. The van der Waals surface area contributed by atoms with E-state index in [-0.39, 0.29) is 5.82 Å². The number of halogens is 1. The fraction of sp³-hybridized carbons (Fsp3) is 0.625. The summed E-state index contributed by atoms with van der Waals surface area (Å²) in [5.41, 5.74) is 2.29. The summed E-state index contributed by atoms with van der Waals surface area (Å²) in [5, 5.41) is 3.41. The normalized spacial score (nSPS) is 16.1. The van der Waals surface area contributed by atoms with Gasteiger partial charge in [0.25, 0.3) is 0 Å². The molecule has 2 nitrogen and oxygen atoms in total. The van der Waals surface area contributed by atoms with Crippen LogP contribution in [0.15, 0.2) is 18.2 Å². The van der Waals surface area contributed by atoms with Crippen LogP contribution in [-0.2, 0) is 6.54 Å². The average Bonchev–Trinajstić information content (AvgIpc) is 2.39. The Balaban J connectivity index is 2.08. The predicted octanol–water partition coefficient (Wildman–Crippen LogP) is 3.56. The molecule has 0 radical (unpaired) electrons. The molecule has 1 fully saturated rings. The van der Waals surface area contributed by atoms with Crippen LogP contribution >= 0.6 is 0 Å². The molecule has 0 aromatic heterocycles. The standard InChI is InChI=1S/C16H25FN2/c1-13(2)11-18-12-14-10-15(17)6-7-16(14)19-8-4-3-5-9-19/h6-7,10,13,18H,3-5,8-9,11-12H2,1-2H3. The van der Waals surface area contributed by atoms with Crippen LogP contribution < -0.4 is 10.2 Å². The summed E-state index contributed by atoms with van der Waals surface area (Å²) in [7, 11) is 0. The molecule has 0 aliphatic carbocycles. The first-order chi connectivity index (χ1) is 9.16. The molecule has 1 aliphatic rings. The van der Waals surface area contributed by atoms with Crippen molar-refractivity contribution in [2.75, 3.05) is 24.5 Å². The van der Waals surface area contributed by atoms with Crippen LogP contribution in [0.4, 0.5) is 10.1 Å². The third kappa shape index (κ3) is 4.20. The Labute approximate surface area is 116 Å². The molecule has 106 valence electrons. The average molecular weight is 264 g/mol. The van der Waals surface area contributed by atoms with Gasteiger partial charge in [-0.05, 0) is 55.5 Å². The minimum Gasteiger partial charge on any atom is -0.371 e. The second-order valence-corrected chi connectivity index (χ2v) is 5.85. The van der Waals surface area contributed by atoms with Gasteiger partial charge >= 0.3 is 0 Å². The SMILES string of the molecule is CC(C)CNCc1cc(F)ccc1N1CCCCC1. The van der Waals surface area contributed by atoms with Crippen LogP contribution in [0.25, 0.3) is 0 Å². The Bertz CT molecular complexity index is 398. The van der Waals surface area contributed by atoms with E-state index in [1.807, 2.05) is 6.07 Å². The highest BCUT2D eigenvalue weighted by atomic mass is 19.1. The fourth-order valence-corrected chi connectivity index (χ4v) is 2.63. The fourth-order valence-electron chi connectivity index (χ4n) is 2.63. The van der Waals surface area contributed by atoms with E-state index in [2.05, 4.69) is 24.1 Å². The number of rotatable bonds is 5. The molecule has 1 aliphatic heterocycles. The highest BCUT2D eigenvalue weighted by molar-refractivity contribution is 5.54. The molecule has 2 rings (SSSR count). The maximum Gasteiger partial charge on any atom is 0.123 e. The molecule has 3 heteroatoms. The number of anilines is 1. The largest absolute Gasteiger partial charge is 0.371 e. The second-order valence-electron chi connectivity index (χ2n) is 5.85. The van der Waals surface area contributed by atoms with Crippen LogP contribution in [0, 0.1) is 11.7 Å². The van der Waals surface area contributed by atoms with E-state index in [0.29, 0.717) is 5.92 Å². The van der Waals surface area contributed by atoms with Crippen molar-refractivity contribution in [2.24, 2.45) is 5.92 Å². The van der Waals surface area contributed by atoms with Gasteiger partial charge in [0.15, 0.2) is 0 Å². The predicted molar refractivity (Wildman–Crippen MR) is 79.0 cm³/mol. The van der Waals surface area contributed by atoms with Gasteiger partial charge in [-0.1, -0.05) is 13.8 Å². The van der Waals surface area contributed by atoms with Crippen LogP contribution in [0.3, 0.4) is 0 Å². The van der Waals surface area contributed by atoms with Crippen molar-refractivity contribution in [3.63, 3.8) is 0 Å². The van der Waals surface area contributed by atoms with Gasteiger partial charge in [0.2, 0.25) is 0 Å². The summed E-state index contributed by atoms with van der Waals surface area (Å²) in [6, 6.07) is 5.19. The molecule has 0 amide bonds. The van der Waals surface area contributed by atoms with Gasteiger partial charge in [0.05, 0.1) is 0 Å². The van der Waals surface area contributed by atoms with Gasteiger partial charge in [-0.15, -0.1) is 0 Å². The van der Waals surface area contributed by atoms with Crippen molar-refractivity contribution in [1.82, 2.24) is 5.32 Å². The lowest BCUT2D eigenvalue weighted by Crippen LogP contribution is -2.31. The Morgan fingerprint density at radius 2 is 1.95 bits per heavy atom. The molecule has 0 spiro atoms. The number of hydrogen-bond donors (Lipinski definition) is 1. The molecule has 1 heterocycles. The second kappa shape index (κ2) is 6.90. The molecule has 1 aromatic carbocycles. The first-order valence-electron chi connectivity index (χ1n) is 7.41. The summed E-state index contributed by atoms with van der Waals surface area (Å²) in [6.07, 6.45) is 3.81. The van der Waals surface area contributed by atoms with Gasteiger partial charge in [0, 0.05) is 25.3 Å². The van der Waals surface area contributed by atoms with Crippen molar-refractivity contribution in [3.8, 4) is 0 Å². The molecule has 0 bridgehead atoms. The first-order valence-corrected chi connectivity index (χ1v) is 7.41. The monoisotopic (exact) mass is 264 g/mol. The molecule has 0 saturated carbocycles. The van der Waals surface area contributed by atoms with E-state index in [9.17, 15) is 4.39 Å². The molecular formula is C16H25FN2. The lowest BCUT2D eigenvalue weighted by Gasteiger charge is -2.30. The van der Waals surface area contributed by atoms with Crippen LogP contribution in [0.2, 0.25) is 0 Å². The summed E-state index contributed by atoms with van der Waals surface area (Å²) in [6.45, 7) is 8.29. The van der Waals surface area contributed by atoms with E-state index in [1.54, 1.807) is 12.1 Å². The molecule has 0 atom stereocenters. The molecule has 0 unspecified atom stereocenters. The van der Waals surface area contributed by atoms with Crippen LogP contribution in [0.1, 0.15) is 38.7 Å². The molecule has 19 heavy (non-hydrogen) atoms.